The highest BCUT2D eigenvalue weighted by Gasteiger charge is 2.40. The molecule has 0 heterocycles. The molecule has 0 bridgehead atoms. The predicted molar refractivity (Wildman–Crippen MR) is 54.7 cm³/mol. The highest BCUT2D eigenvalue weighted by molar-refractivity contribution is 5.74. The summed E-state index contributed by atoms with van der Waals surface area (Å²) in [5, 5.41) is 8.67. The van der Waals surface area contributed by atoms with Crippen molar-refractivity contribution in [3.63, 3.8) is 0 Å². The molecule has 0 spiro atoms. The van der Waals surface area contributed by atoms with Gasteiger partial charge in [-0.1, -0.05) is 24.3 Å². The van der Waals surface area contributed by atoms with Crippen molar-refractivity contribution < 1.29 is 14.3 Å². The second kappa shape index (κ2) is 3.85. The third-order valence-corrected chi connectivity index (χ3v) is 2.56. The molecule has 78 valence electrons. The molecular weight excluding hydrogens is 195 g/mol. The minimum Gasteiger partial charge on any atom is -0.481 e. The molecule has 1 N–H and O–H groups in total. The maximum Gasteiger partial charge on any atom is 0.307 e. The van der Waals surface area contributed by atoms with E-state index in [0.29, 0.717) is 6.42 Å². The van der Waals surface area contributed by atoms with Crippen LogP contribution in [0.2, 0.25) is 0 Å². The Morgan fingerprint density at radius 3 is 2.60 bits per heavy atom. The number of halogens is 1. The van der Waals surface area contributed by atoms with Crippen LogP contribution in [0.3, 0.4) is 0 Å². The van der Waals surface area contributed by atoms with Crippen LogP contribution in [0, 0.1) is 17.7 Å². The monoisotopic (exact) mass is 206 g/mol. The fourth-order valence-corrected chi connectivity index (χ4v) is 1.52. The van der Waals surface area contributed by atoms with Gasteiger partial charge < -0.3 is 5.11 Å². The van der Waals surface area contributed by atoms with Crippen molar-refractivity contribution in [3.8, 4) is 0 Å². The number of allylic oxidation sites excluding steroid dienone is 1. The Labute approximate surface area is 87.0 Å². The third kappa shape index (κ3) is 2.43. The fourth-order valence-electron chi connectivity index (χ4n) is 1.52. The first-order chi connectivity index (χ1) is 7.16. The summed E-state index contributed by atoms with van der Waals surface area (Å²) >= 11 is 0. The van der Waals surface area contributed by atoms with Crippen molar-refractivity contribution >= 4 is 12.0 Å². The first-order valence-electron chi connectivity index (χ1n) is 4.83. The van der Waals surface area contributed by atoms with Gasteiger partial charge in [-0.15, -0.1) is 0 Å². The average Bonchev–Trinajstić information content (AvgIpc) is 2.96. The van der Waals surface area contributed by atoms with Crippen molar-refractivity contribution in [2.45, 2.75) is 6.42 Å². The summed E-state index contributed by atoms with van der Waals surface area (Å²) in [6, 6.07) is 6.12. The maximum atomic E-state index is 12.6. The third-order valence-electron chi connectivity index (χ3n) is 2.56. The van der Waals surface area contributed by atoms with E-state index in [2.05, 4.69) is 0 Å². The van der Waals surface area contributed by atoms with Gasteiger partial charge in [0, 0.05) is 0 Å². The average molecular weight is 206 g/mol. The van der Waals surface area contributed by atoms with Crippen LogP contribution in [0.15, 0.2) is 30.3 Å². The van der Waals surface area contributed by atoms with Crippen molar-refractivity contribution in [1.29, 1.82) is 0 Å². The Balaban J connectivity index is 1.95. The molecule has 1 saturated carbocycles. The van der Waals surface area contributed by atoms with Gasteiger partial charge in [0.05, 0.1) is 5.92 Å². The van der Waals surface area contributed by atoms with E-state index in [1.165, 1.54) is 12.1 Å². The normalized spacial score (nSPS) is 24.3. The van der Waals surface area contributed by atoms with E-state index in [4.69, 9.17) is 5.11 Å². The highest BCUT2D eigenvalue weighted by Crippen LogP contribution is 2.40. The molecule has 2 nitrogen and oxygen atoms in total. The largest absolute Gasteiger partial charge is 0.481 e. The Kier molecular flexibility index (Phi) is 2.54. The zero-order valence-electron chi connectivity index (χ0n) is 8.06. The van der Waals surface area contributed by atoms with Crippen LogP contribution < -0.4 is 0 Å². The standard InChI is InChI=1S/C12H11FO2/c13-10-5-2-8(3-6-10)1-4-9-7-11(9)12(14)15/h1-6,9,11H,7H2,(H,14,15)/b4-1+. The van der Waals surface area contributed by atoms with E-state index in [9.17, 15) is 9.18 Å². The second-order valence-corrected chi connectivity index (χ2v) is 3.75. The molecule has 0 amide bonds. The van der Waals surface area contributed by atoms with Crippen LogP contribution in [0.5, 0.6) is 0 Å². The topological polar surface area (TPSA) is 37.3 Å². The van der Waals surface area contributed by atoms with Gasteiger partial charge in [-0.05, 0) is 30.0 Å². The fraction of sp³-hybridized carbons (Fsp3) is 0.250. The molecule has 0 radical (unpaired) electrons. The number of benzene rings is 1. The molecule has 1 aliphatic carbocycles. The summed E-state index contributed by atoms with van der Waals surface area (Å²) in [7, 11) is 0. The summed E-state index contributed by atoms with van der Waals surface area (Å²) in [4.78, 5) is 10.5. The summed E-state index contributed by atoms with van der Waals surface area (Å²) in [6.07, 6.45) is 4.44. The van der Waals surface area contributed by atoms with E-state index in [0.717, 1.165) is 5.56 Å². The van der Waals surface area contributed by atoms with E-state index in [-0.39, 0.29) is 17.7 Å². The number of rotatable bonds is 3. The van der Waals surface area contributed by atoms with Crippen LogP contribution >= 0.6 is 0 Å². The van der Waals surface area contributed by atoms with Crippen LogP contribution in [-0.2, 0) is 4.79 Å². The van der Waals surface area contributed by atoms with Gasteiger partial charge in [0.2, 0.25) is 0 Å². The van der Waals surface area contributed by atoms with Gasteiger partial charge in [-0.2, -0.15) is 0 Å². The maximum absolute atomic E-state index is 12.6. The van der Waals surface area contributed by atoms with E-state index in [1.54, 1.807) is 12.1 Å². The number of aliphatic carboxylic acids is 1. The number of carbonyl (C=O) groups is 1. The van der Waals surface area contributed by atoms with Gasteiger partial charge in [0.15, 0.2) is 0 Å². The van der Waals surface area contributed by atoms with Crippen LogP contribution in [-0.4, -0.2) is 11.1 Å². The Morgan fingerprint density at radius 2 is 2.07 bits per heavy atom. The lowest BCUT2D eigenvalue weighted by Gasteiger charge is -1.92. The lowest BCUT2D eigenvalue weighted by Crippen LogP contribution is -1.97. The van der Waals surface area contributed by atoms with Crippen LogP contribution in [0.25, 0.3) is 6.08 Å². The number of carboxylic acids is 1. The van der Waals surface area contributed by atoms with Gasteiger partial charge in [-0.3, -0.25) is 4.79 Å². The number of hydrogen-bond donors (Lipinski definition) is 1. The first kappa shape index (κ1) is 9.90. The number of hydrogen-bond acceptors (Lipinski definition) is 1. The molecule has 1 aromatic rings. The Hall–Kier alpha value is -1.64. The molecule has 2 atom stereocenters. The highest BCUT2D eigenvalue weighted by atomic mass is 19.1. The summed E-state index contributed by atoms with van der Waals surface area (Å²) in [6.45, 7) is 0. The summed E-state index contributed by atoms with van der Waals surface area (Å²) < 4.78 is 12.6. The van der Waals surface area contributed by atoms with E-state index in [1.807, 2.05) is 12.2 Å². The predicted octanol–water partition coefficient (Wildman–Crippen LogP) is 2.56. The van der Waals surface area contributed by atoms with Gasteiger partial charge >= 0.3 is 5.97 Å². The summed E-state index contributed by atoms with van der Waals surface area (Å²) in [5.41, 5.74) is 0.896. The molecule has 2 unspecified atom stereocenters. The summed E-state index contributed by atoms with van der Waals surface area (Å²) in [5.74, 6) is -1.07. The smallest absolute Gasteiger partial charge is 0.307 e. The quantitative estimate of drug-likeness (QED) is 0.825. The Morgan fingerprint density at radius 1 is 1.40 bits per heavy atom. The van der Waals surface area contributed by atoms with Crippen molar-refractivity contribution in [2.24, 2.45) is 11.8 Å². The van der Waals surface area contributed by atoms with Crippen molar-refractivity contribution in [3.05, 3.63) is 41.7 Å². The first-order valence-corrected chi connectivity index (χ1v) is 4.83. The molecule has 1 fully saturated rings. The number of carboxylic acid groups (broad SMARTS) is 1. The van der Waals surface area contributed by atoms with Gasteiger partial charge in [0.1, 0.15) is 5.82 Å². The van der Waals surface area contributed by atoms with Crippen molar-refractivity contribution in [2.75, 3.05) is 0 Å². The molecule has 0 saturated heterocycles. The zero-order valence-corrected chi connectivity index (χ0v) is 8.06. The van der Waals surface area contributed by atoms with E-state index >= 15 is 0 Å². The molecule has 1 aromatic carbocycles. The minimum absolute atomic E-state index is 0.146. The molecule has 0 aromatic heterocycles. The molecule has 2 rings (SSSR count). The lowest BCUT2D eigenvalue weighted by molar-refractivity contribution is -0.138. The minimum atomic E-state index is -0.733. The molecule has 3 heteroatoms. The zero-order chi connectivity index (χ0) is 10.8. The SMILES string of the molecule is O=C(O)C1CC1/C=C/c1ccc(F)cc1. The molecule has 15 heavy (non-hydrogen) atoms. The van der Waals surface area contributed by atoms with E-state index < -0.39 is 5.97 Å². The van der Waals surface area contributed by atoms with Crippen LogP contribution in [0.1, 0.15) is 12.0 Å². The lowest BCUT2D eigenvalue weighted by atomic mass is 10.2. The van der Waals surface area contributed by atoms with Crippen LogP contribution in [0.4, 0.5) is 4.39 Å². The van der Waals surface area contributed by atoms with Gasteiger partial charge in [-0.25, -0.2) is 4.39 Å². The second-order valence-electron chi connectivity index (χ2n) is 3.75. The molecule has 1 aliphatic rings. The van der Waals surface area contributed by atoms with Crippen molar-refractivity contribution in [1.82, 2.24) is 0 Å². The Bertz CT molecular complexity index is 395. The molecule has 0 aliphatic heterocycles. The van der Waals surface area contributed by atoms with Gasteiger partial charge in [0.25, 0.3) is 0 Å². The molecular formula is C12H11FO2.